The standard InChI is InChI=1S/C9H20O4Si/c1-8-9(13-8)12-6-4-5-7-14(10-2)11-3/h8-9,14H,4-7H2,1-3H3. The average molecular weight is 220 g/mol. The molecule has 4 nitrogen and oxygen atoms in total. The van der Waals surface area contributed by atoms with E-state index in [1.165, 1.54) is 0 Å². The van der Waals surface area contributed by atoms with Crippen LogP contribution < -0.4 is 0 Å². The lowest BCUT2D eigenvalue weighted by Gasteiger charge is -2.09. The van der Waals surface area contributed by atoms with Crippen molar-refractivity contribution >= 4 is 9.28 Å². The molecule has 1 aliphatic heterocycles. The number of unbranched alkanes of at least 4 members (excludes halogenated alkanes) is 1. The molecule has 0 aromatic rings. The van der Waals surface area contributed by atoms with E-state index in [1.54, 1.807) is 14.2 Å². The zero-order chi connectivity index (χ0) is 10.4. The van der Waals surface area contributed by atoms with Gasteiger partial charge in [0.25, 0.3) is 0 Å². The second-order valence-corrected chi connectivity index (χ2v) is 5.86. The van der Waals surface area contributed by atoms with Gasteiger partial charge in [0, 0.05) is 20.8 Å². The Balaban J connectivity index is 1.83. The summed E-state index contributed by atoms with van der Waals surface area (Å²) in [4.78, 5) is 0. The van der Waals surface area contributed by atoms with Gasteiger partial charge in [-0.05, 0) is 25.8 Å². The Morgan fingerprint density at radius 2 is 1.86 bits per heavy atom. The van der Waals surface area contributed by atoms with Crippen LogP contribution >= 0.6 is 0 Å². The molecule has 0 aromatic carbocycles. The van der Waals surface area contributed by atoms with Crippen molar-refractivity contribution in [2.45, 2.75) is 38.2 Å². The highest BCUT2D eigenvalue weighted by atomic mass is 28.3. The van der Waals surface area contributed by atoms with Crippen LogP contribution in [0, 0.1) is 0 Å². The molecule has 14 heavy (non-hydrogen) atoms. The van der Waals surface area contributed by atoms with Crippen LogP contribution in [0.15, 0.2) is 0 Å². The summed E-state index contributed by atoms with van der Waals surface area (Å²) in [5.41, 5.74) is 0. The number of epoxide rings is 1. The van der Waals surface area contributed by atoms with Gasteiger partial charge in [0.15, 0.2) is 6.29 Å². The third-order valence-corrected chi connectivity index (χ3v) is 4.23. The molecule has 0 N–H and O–H groups in total. The molecule has 5 heteroatoms. The minimum atomic E-state index is -1.34. The Labute approximate surface area is 87.3 Å². The van der Waals surface area contributed by atoms with E-state index in [0.717, 1.165) is 25.5 Å². The number of rotatable bonds is 8. The molecule has 1 fully saturated rings. The Bertz CT molecular complexity index is 152. The molecule has 0 amide bonds. The lowest BCUT2D eigenvalue weighted by molar-refractivity contribution is 0.0484. The highest BCUT2D eigenvalue weighted by molar-refractivity contribution is 6.44. The average Bonchev–Trinajstić information content (AvgIpc) is 2.88. The first-order valence-electron chi connectivity index (χ1n) is 5.10. The van der Waals surface area contributed by atoms with Gasteiger partial charge >= 0.3 is 9.28 Å². The van der Waals surface area contributed by atoms with Crippen molar-refractivity contribution in [3.8, 4) is 0 Å². The van der Waals surface area contributed by atoms with Gasteiger partial charge in [0.05, 0.1) is 0 Å². The first-order chi connectivity index (χ1) is 6.77. The summed E-state index contributed by atoms with van der Waals surface area (Å²) < 4.78 is 21.0. The molecule has 2 unspecified atom stereocenters. The molecule has 0 spiro atoms. The van der Waals surface area contributed by atoms with Gasteiger partial charge in [0.1, 0.15) is 6.10 Å². The Morgan fingerprint density at radius 1 is 1.21 bits per heavy atom. The van der Waals surface area contributed by atoms with Crippen molar-refractivity contribution in [2.75, 3.05) is 20.8 Å². The van der Waals surface area contributed by atoms with Crippen LogP contribution in [0.2, 0.25) is 6.04 Å². The molecular weight excluding hydrogens is 200 g/mol. The van der Waals surface area contributed by atoms with Gasteiger partial charge in [0.2, 0.25) is 0 Å². The minimum Gasteiger partial charge on any atom is -0.400 e. The van der Waals surface area contributed by atoms with Crippen molar-refractivity contribution in [2.24, 2.45) is 0 Å². The summed E-state index contributed by atoms with van der Waals surface area (Å²) in [6.07, 6.45) is 2.53. The number of ether oxygens (including phenoxy) is 2. The molecule has 1 heterocycles. The predicted molar refractivity (Wildman–Crippen MR) is 55.5 cm³/mol. The van der Waals surface area contributed by atoms with E-state index in [0.29, 0.717) is 6.10 Å². The fourth-order valence-electron chi connectivity index (χ4n) is 1.29. The van der Waals surface area contributed by atoms with Gasteiger partial charge in [-0.2, -0.15) is 0 Å². The maximum Gasteiger partial charge on any atom is 0.320 e. The molecule has 84 valence electrons. The fraction of sp³-hybridized carbons (Fsp3) is 1.00. The van der Waals surface area contributed by atoms with E-state index in [2.05, 4.69) is 0 Å². The van der Waals surface area contributed by atoms with Crippen LogP contribution in [-0.4, -0.2) is 42.5 Å². The van der Waals surface area contributed by atoms with E-state index in [-0.39, 0.29) is 6.29 Å². The third-order valence-electron chi connectivity index (χ3n) is 2.30. The first-order valence-corrected chi connectivity index (χ1v) is 6.86. The third kappa shape index (κ3) is 4.52. The molecule has 1 aliphatic rings. The zero-order valence-electron chi connectivity index (χ0n) is 9.19. The van der Waals surface area contributed by atoms with Gasteiger partial charge < -0.3 is 18.3 Å². The molecule has 1 saturated heterocycles. The Morgan fingerprint density at radius 3 is 2.36 bits per heavy atom. The first kappa shape index (κ1) is 12.1. The maximum absolute atomic E-state index is 5.43. The quantitative estimate of drug-likeness (QED) is 0.348. The van der Waals surface area contributed by atoms with Crippen molar-refractivity contribution < 1.29 is 18.3 Å². The van der Waals surface area contributed by atoms with E-state index in [4.69, 9.17) is 18.3 Å². The summed E-state index contributed by atoms with van der Waals surface area (Å²) in [7, 11) is 2.09. The van der Waals surface area contributed by atoms with Crippen LogP contribution in [0.3, 0.4) is 0 Å². The summed E-state index contributed by atoms with van der Waals surface area (Å²) in [6, 6.07) is 1.05. The van der Waals surface area contributed by atoms with Crippen molar-refractivity contribution in [1.82, 2.24) is 0 Å². The molecule has 1 rings (SSSR count). The van der Waals surface area contributed by atoms with Gasteiger partial charge in [-0.15, -0.1) is 0 Å². The monoisotopic (exact) mass is 220 g/mol. The van der Waals surface area contributed by atoms with E-state index in [9.17, 15) is 0 Å². The van der Waals surface area contributed by atoms with Gasteiger partial charge in [-0.3, -0.25) is 0 Å². The Hall–Kier alpha value is 0.0569. The van der Waals surface area contributed by atoms with Crippen molar-refractivity contribution in [1.29, 1.82) is 0 Å². The topological polar surface area (TPSA) is 40.2 Å². The molecule has 0 bridgehead atoms. The highest BCUT2D eigenvalue weighted by Crippen LogP contribution is 2.22. The maximum atomic E-state index is 5.43. The second kappa shape index (κ2) is 6.52. The van der Waals surface area contributed by atoms with Crippen LogP contribution in [-0.2, 0) is 18.3 Å². The van der Waals surface area contributed by atoms with Gasteiger partial charge in [-0.25, -0.2) is 0 Å². The van der Waals surface area contributed by atoms with Crippen molar-refractivity contribution in [3.63, 3.8) is 0 Å². The fourth-order valence-corrected chi connectivity index (χ4v) is 2.57. The summed E-state index contributed by atoms with van der Waals surface area (Å²) >= 11 is 0. The normalized spacial score (nSPS) is 25.7. The largest absolute Gasteiger partial charge is 0.400 e. The smallest absolute Gasteiger partial charge is 0.320 e. The van der Waals surface area contributed by atoms with Crippen LogP contribution in [0.5, 0.6) is 0 Å². The molecule has 2 atom stereocenters. The second-order valence-electron chi connectivity index (χ2n) is 3.48. The number of hydrogen-bond donors (Lipinski definition) is 0. The predicted octanol–water partition coefficient (Wildman–Crippen LogP) is 1.04. The summed E-state index contributed by atoms with van der Waals surface area (Å²) in [5, 5.41) is 0. The van der Waals surface area contributed by atoms with Crippen LogP contribution in [0.1, 0.15) is 19.8 Å². The molecule has 0 aromatic heterocycles. The molecule has 0 radical (unpaired) electrons. The minimum absolute atomic E-state index is 0.0629. The zero-order valence-corrected chi connectivity index (χ0v) is 10.3. The van der Waals surface area contributed by atoms with Crippen LogP contribution in [0.4, 0.5) is 0 Å². The Kier molecular flexibility index (Phi) is 5.65. The SMILES string of the molecule is CO[SiH](CCCCOC1OC1C)OC. The van der Waals surface area contributed by atoms with Gasteiger partial charge in [-0.1, -0.05) is 0 Å². The molecule has 0 aliphatic carbocycles. The van der Waals surface area contributed by atoms with E-state index >= 15 is 0 Å². The molecule has 0 saturated carbocycles. The lowest BCUT2D eigenvalue weighted by Crippen LogP contribution is -2.18. The van der Waals surface area contributed by atoms with Crippen LogP contribution in [0.25, 0.3) is 0 Å². The summed E-state index contributed by atoms with van der Waals surface area (Å²) in [6.45, 7) is 2.80. The van der Waals surface area contributed by atoms with E-state index < -0.39 is 9.28 Å². The highest BCUT2D eigenvalue weighted by Gasteiger charge is 2.34. The number of hydrogen-bond acceptors (Lipinski definition) is 4. The molecular formula is C9H20O4Si. The van der Waals surface area contributed by atoms with Crippen molar-refractivity contribution in [3.05, 3.63) is 0 Å². The summed E-state index contributed by atoms with van der Waals surface area (Å²) in [5.74, 6) is 0. The lowest BCUT2D eigenvalue weighted by atomic mass is 10.3. The van der Waals surface area contributed by atoms with E-state index in [1.807, 2.05) is 6.92 Å².